The van der Waals surface area contributed by atoms with Crippen LogP contribution in [-0.2, 0) is 0 Å². The Bertz CT molecular complexity index is 1470. The van der Waals surface area contributed by atoms with Crippen LogP contribution in [0.25, 0.3) is 22.1 Å². The minimum atomic E-state index is -0.448. The zero-order valence-corrected chi connectivity index (χ0v) is 21.7. The standard InChI is InChI=1S/C26H34N8O3/c1-5-10-27-23-20-24(34(14-30-20)15(2)3)33-26(32-23)29-12-7-6-11-28-25(37)17-8-9-18-19(13-17)31-16(4)21(35)22(18)36/h8-9,13-15,35H,5-7,10-12H2,1-4H3,(H,28,37)(H,31,36)(H2,27,29,32,33). The molecule has 0 unspecified atom stereocenters. The number of anilines is 2. The summed E-state index contributed by atoms with van der Waals surface area (Å²) in [5.74, 6) is 0.749. The van der Waals surface area contributed by atoms with Crippen LogP contribution in [-0.4, -0.2) is 55.2 Å². The third-order valence-electron chi connectivity index (χ3n) is 6.11. The van der Waals surface area contributed by atoms with Crippen molar-refractivity contribution in [1.29, 1.82) is 0 Å². The van der Waals surface area contributed by atoms with Crippen LogP contribution < -0.4 is 21.4 Å². The number of nitrogens with zero attached hydrogens (tertiary/aromatic N) is 4. The van der Waals surface area contributed by atoms with E-state index in [2.05, 4.69) is 56.7 Å². The highest BCUT2D eigenvalue weighted by Crippen LogP contribution is 2.23. The Balaban J connectivity index is 1.31. The average Bonchev–Trinajstić information content (AvgIpc) is 3.32. The van der Waals surface area contributed by atoms with Gasteiger partial charge in [0.2, 0.25) is 11.4 Å². The summed E-state index contributed by atoms with van der Waals surface area (Å²) in [5.41, 5.74) is 2.44. The molecule has 11 nitrogen and oxygen atoms in total. The summed E-state index contributed by atoms with van der Waals surface area (Å²) < 4.78 is 2.03. The van der Waals surface area contributed by atoms with E-state index in [1.165, 1.54) is 0 Å². The maximum atomic E-state index is 12.6. The van der Waals surface area contributed by atoms with E-state index in [0.717, 1.165) is 42.8 Å². The number of hydrogen-bond donors (Lipinski definition) is 5. The van der Waals surface area contributed by atoms with Crippen LogP contribution in [0, 0.1) is 6.92 Å². The lowest BCUT2D eigenvalue weighted by molar-refractivity contribution is 0.0953. The van der Waals surface area contributed by atoms with Crippen molar-refractivity contribution in [2.75, 3.05) is 30.3 Å². The number of imidazole rings is 1. The lowest BCUT2D eigenvalue weighted by Gasteiger charge is -2.12. The molecule has 0 atom stereocenters. The van der Waals surface area contributed by atoms with Crippen molar-refractivity contribution in [2.45, 2.75) is 53.0 Å². The fourth-order valence-electron chi connectivity index (χ4n) is 4.04. The monoisotopic (exact) mass is 506 g/mol. The number of amides is 1. The zero-order valence-electron chi connectivity index (χ0n) is 21.7. The minimum Gasteiger partial charge on any atom is -0.503 e. The van der Waals surface area contributed by atoms with Crippen LogP contribution >= 0.6 is 0 Å². The molecule has 0 fully saturated rings. The number of carbonyl (C=O) groups excluding carboxylic acids is 1. The Hall–Kier alpha value is -4.15. The smallest absolute Gasteiger partial charge is 0.251 e. The van der Waals surface area contributed by atoms with Gasteiger partial charge in [0.15, 0.2) is 22.7 Å². The molecule has 0 saturated heterocycles. The van der Waals surface area contributed by atoms with Crippen molar-refractivity contribution in [3.63, 3.8) is 0 Å². The second-order valence-electron chi connectivity index (χ2n) is 9.32. The first kappa shape index (κ1) is 25.9. The van der Waals surface area contributed by atoms with Crippen LogP contribution in [0.2, 0.25) is 0 Å². The summed E-state index contributed by atoms with van der Waals surface area (Å²) in [6.07, 6.45) is 4.35. The highest BCUT2D eigenvalue weighted by atomic mass is 16.3. The van der Waals surface area contributed by atoms with Gasteiger partial charge in [-0.3, -0.25) is 9.59 Å². The second-order valence-corrected chi connectivity index (χ2v) is 9.32. The summed E-state index contributed by atoms with van der Waals surface area (Å²) in [7, 11) is 0. The van der Waals surface area contributed by atoms with Gasteiger partial charge in [0.25, 0.3) is 5.91 Å². The van der Waals surface area contributed by atoms with Crippen molar-refractivity contribution < 1.29 is 9.90 Å². The van der Waals surface area contributed by atoms with Gasteiger partial charge in [-0.1, -0.05) is 6.92 Å². The number of benzene rings is 1. The zero-order chi connectivity index (χ0) is 26.5. The largest absolute Gasteiger partial charge is 0.503 e. The van der Waals surface area contributed by atoms with E-state index in [4.69, 9.17) is 0 Å². The van der Waals surface area contributed by atoms with Crippen molar-refractivity contribution in [2.24, 2.45) is 0 Å². The second kappa shape index (κ2) is 11.3. The number of rotatable bonds is 11. The molecule has 196 valence electrons. The molecule has 0 aliphatic rings. The van der Waals surface area contributed by atoms with Crippen molar-refractivity contribution in [1.82, 2.24) is 29.8 Å². The molecule has 1 amide bonds. The molecular formula is C26H34N8O3. The summed E-state index contributed by atoms with van der Waals surface area (Å²) >= 11 is 0. The van der Waals surface area contributed by atoms with E-state index in [9.17, 15) is 14.7 Å². The number of aromatic hydroxyl groups is 1. The quantitative estimate of drug-likeness (QED) is 0.193. The van der Waals surface area contributed by atoms with Crippen LogP contribution in [0.5, 0.6) is 5.75 Å². The van der Waals surface area contributed by atoms with Gasteiger partial charge in [-0.25, -0.2) is 4.98 Å². The van der Waals surface area contributed by atoms with Crippen LogP contribution in [0.1, 0.15) is 62.1 Å². The van der Waals surface area contributed by atoms with Crippen molar-refractivity contribution in [3.05, 3.63) is 46.0 Å². The predicted molar refractivity (Wildman–Crippen MR) is 146 cm³/mol. The van der Waals surface area contributed by atoms with Crippen molar-refractivity contribution in [3.8, 4) is 5.75 Å². The number of fused-ring (bicyclic) bond motifs is 2. The van der Waals surface area contributed by atoms with Gasteiger partial charge in [0, 0.05) is 36.6 Å². The van der Waals surface area contributed by atoms with E-state index in [-0.39, 0.29) is 17.7 Å². The first-order chi connectivity index (χ1) is 17.8. The Morgan fingerprint density at radius 2 is 1.92 bits per heavy atom. The molecule has 4 rings (SSSR count). The number of nitrogens with one attached hydrogen (secondary N) is 4. The van der Waals surface area contributed by atoms with E-state index in [1.807, 2.05) is 4.57 Å². The summed E-state index contributed by atoms with van der Waals surface area (Å²) in [6.45, 7) is 9.86. The average molecular weight is 507 g/mol. The van der Waals surface area contributed by atoms with Gasteiger partial charge in [0.05, 0.1) is 17.5 Å². The van der Waals surface area contributed by atoms with Crippen LogP contribution in [0.15, 0.2) is 29.3 Å². The van der Waals surface area contributed by atoms with Gasteiger partial charge in [-0.2, -0.15) is 9.97 Å². The molecule has 5 N–H and O–H groups in total. The topological polar surface area (TPSA) is 150 Å². The van der Waals surface area contributed by atoms with Gasteiger partial charge in [-0.15, -0.1) is 0 Å². The number of aromatic nitrogens is 5. The summed E-state index contributed by atoms with van der Waals surface area (Å²) in [6, 6.07) is 4.99. The number of aryl methyl sites for hydroxylation is 1. The molecule has 1 aromatic carbocycles. The third kappa shape index (κ3) is 5.65. The molecule has 0 aliphatic heterocycles. The number of unbranched alkanes of at least 4 members (excludes halogenated alkanes) is 1. The highest BCUT2D eigenvalue weighted by Gasteiger charge is 2.15. The molecule has 11 heteroatoms. The lowest BCUT2D eigenvalue weighted by Crippen LogP contribution is -2.25. The predicted octanol–water partition coefficient (Wildman–Crippen LogP) is 3.71. The highest BCUT2D eigenvalue weighted by molar-refractivity contribution is 5.98. The Morgan fingerprint density at radius 3 is 2.68 bits per heavy atom. The number of H-pyrrole nitrogens is 1. The molecule has 0 aliphatic carbocycles. The molecule has 0 radical (unpaired) electrons. The molecule has 37 heavy (non-hydrogen) atoms. The number of aromatic amines is 1. The van der Waals surface area contributed by atoms with Gasteiger partial charge < -0.3 is 30.6 Å². The Labute approximate surface area is 214 Å². The van der Waals surface area contributed by atoms with E-state index >= 15 is 0 Å². The number of hydrogen-bond acceptors (Lipinski definition) is 8. The Morgan fingerprint density at radius 1 is 1.14 bits per heavy atom. The van der Waals surface area contributed by atoms with Gasteiger partial charge in [-0.05, 0) is 58.2 Å². The maximum absolute atomic E-state index is 12.6. The fourth-order valence-corrected chi connectivity index (χ4v) is 4.04. The molecule has 4 aromatic rings. The van der Waals surface area contributed by atoms with E-state index < -0.39 is 5.43 Å². The first-order valence-electron chi connectivity index (χ1n) is 12.7. The molecule has 3 aromatic heterocycles. The normalized spacial score (nSPS) is 11.4. The van der Waals surface area contributed by atoms with Crippen LogP contribution in [0.3, 0.4) is 0 Å². The lowest BCUT2D eigenvalue weighted by atomic mass is 10.1. The SMILES string of the molecule is CCCNc1nc(NCCCCNC(=O)c2ccc3c(=O)c(O)c(C)[nH]c3c2)nc2c1ncn2C(C)C. The fraction of sp³-hybridized carbons (Fsp3) is 0.423. The number of carbonyl (C=O) groups is 1. The van der Waals surface area contributed by atoms with E-state index in [0.29, 0.717) is 41.2 Å². The Kier molecular flexibility index (Phi) is 7.90. The molecular weight excluding hydrogens is 472 g/mol. The molecule has 0 saturated carbocycles. The molecule has 0 spiro atoms. The maximum Gasteiger partial charge on any atom is 0.251 e. The van der Waals surface area contributed by atoms with Crippen LogP contribution in [0.4, 0.5) is 11.8 Å². The third-order valence-corrected chi connectivity index (χ3v) is 6.11. The molecule has 0 bridgehead atoms. The van der Waals surface area contributed by atoms with Gasteiger partial charge >= 0.3 is 0 Å². The molecule has 3 heterocycles. The number of pyridine rings is 1. The van der Waals surface area contributed by atoms with Gasteiger partial charge in [0.1, 0.15) is 0 Å². The summed E-state index contributed by atoms with van der Waals surface area (Å²) in [5, 5.41) is 19.7. The minimum absolute atomic E-state index is 0.219. The van der Waals surface area contributed by atoms with E-state index in [1.54, 1.807) is 31.5 Å². The van der Waals surface area contributed by atoms with Crippen molar-refractivity contribution >= 4 is 39.7 Å². The summed E-state index contributed by atoms with van der Waals surface area (Å²) in [4.78, 5) is 41.5. The first-order valence-corrected chi connectivity index (χ1v) is 12.7.